The highest BCUT2D eigenvalue weighted by atomic mass is 16.6. The van der Waals surface area contributed by atoms with E-state index >= 15 is 0 Å². The van der Waals surface area contributed by atoms with Gasteiger partial charge in [-0.15, -0.1) is 0 Å². The molecule has 0 spiro atoms. The molecule has 2 aliphatic rings. The summed E-state index contributed by atoms with van der Waals surface area (Å²) in [5.41, 5.74) is 1.97. The van der Waals surface area contributed by atoms with E-state index in [9.17, 15) is 14.4 Å². The summed E-state index contributed by atoms with van der Waals surface area (Å²) in [6.45, 7) is 14.8. The molecule has 0 unspecified atom stereocenters. The minimum absolute atomic E-state index is 0.00913. The third-order valence-corrected chi connectivity index (χ3v) is 8.34. The molecule has 2 rings (SSSR count). The van der Waals surface area contributed by atoms with Crippen LogP contribution >= 0.6 is 0 Å². The van der Waals surface area contributed by atoms with E-state index in [-0.39, 0.29) is 36.9 Å². The van der Waals surface area contributed by atoms with E-state index in [1.807, 2.05) is 13.0 Å². The zero-order valence-corrected chi connectivity index (χ0v) is 22.0. The lowest BCUT2D eigenvalue weighted by molar-refractivity contribution is -0.168. The molecule has 0 aromatic rings. The predicted octanol–water partition coefficient (Wildman–Crippen LogP) is 5.80. The lowest BCUT2D eigenvalue weighted by Gasteiger charge is -2.57. The Morgan fingerprint density at radius 1 is 1.12 bits per heavy atom. The summed E-state index contributed by atoms with van der Waals surface area (Å²) in [6.07, 6.45) is 8.91. The van der Waals surface area contributed by atoms with Crippen LogP contribution in [-0.4, -0.2) is 38.2 Å². The van der Waals surface area contributed by atoms with Crippen molar-refractivity contribution >= 4 is 17.9 Å². The number of methoxy groups -OCH3 is 1. The Labute approximate surface area is 205 Å². The molecular formula is C28H44O6. The normalized spacial score (nSPS) is 29.4. The minimum atomic E-state index is -0.930. The Hall–Kier alpha value is -2.11. The van der Waals surface area contributed by atoms with Crippen molar-refractivity contribution in [3.8, 4) is 0 Å². The zero-order valence-electron chi connectivity index (χ0n) is 22.0. The van der Waals surface area contributed by atoms with Crippen LogP contribution < -0.4 is 0 Å². The van der Waals surface area contributed by atoms with Crippen LogP contribution in [0.1, 0.15) is 86.0 Å². The first kappa shape index (κ1) is 28.1. The molecule has 0 aromatic heterocycles. The summed E-state index contributed by atoms with van der Waals surface area (Å²) in [5.74, 6) is -1.49. The quantitative estimate of drug-likeness (QED) is 0.172. The molecule has 0 aromatic carbocycles. The SMILES string of the molecule is C=C1CC[C@@H]2[C@](C)(CCC[C@]2(C)C(=O)OC)[C@H]1CC/C(C)=C/CC(C(=O)OCC)C(=O)OCC. The summed E-state index contributed by atoms with van der Waals surface area (Å²) in [4.78, 5) is 37.3. The summed E-state index contributed by atoms with van der Waals surface area (Å²) in [7, 11) is 1.49. The number of esters is 3. The Morgan fingerprint density at radius 2 is 1.74 bits per heavy atom. The smallest absolute Gasteiger partial charge is 0.320 e. The van der Waals surface area contributed by atoms with Crippen molar-refractivity contribution < 1.29 is 28.6 Å². The van der Waals surface area contributed by atoms with Crippen LogP contribution in [0.3, 0.4) is 0 Å². The molecule has 0 aliphatic heterocycles. The fraction of sp³-hybridized carbons (Fsp3) is 0.750. The molecule has 2 saturated carbocycles. The Balaban J connectivity index is 2.13. The molecule has 192 valence electrons. The van der Waals surface area contributed by atoms with E-state index in [1.54, 1.807) is 13.8 Å². The van der Waals surface area contributed by atoms with Crippen molar-refractivity contribution in [1.29, 1.82) is 0 Å². The van der Waals surface area contributed by atoms with Gasteiger partial charge in [0.2, 0.25) is 0 Å². The van der Waals surface area contributed by atoms with Gasteiger partial charge in [-0.1, -0.05) is 37.1 Å². The van der Waals surface area contributed by atoms with Gasteiger partial charge in [-0.2, -0.15) is 0 Å². The first-order valence-corrected chi connectivity index (χ1v) is 12.8. The highest BCUT2D eigenvalue weighted by molar-refractivity contribution is 5.95. The largest absolute Gasteiger partial charge is 0.469 e. The van der Waals surface area contributed by atoms with E-state index in [2.05, 4.69) is 20.4 Å². The number of hydrogen-bond acceptors (Lipinski definition) is 6. The summed E-state index contributed by atoms with van der Waals surface area (Å²) in [6, 6.07) is 0. The van der Waals surface area contributed by atoms with Gasteiger partial charge in [0.1, 0.15) is 0 Å². The maximum atomic E-state index is 12.8. The maximum absolute atomic E-state index is 12.8. The van der Waals surface area contributed by atoms with Crippen molar-refractivity contribution in [1.82, 2.24) is 0 Å². The van der Waals surface area contributed by atoms with Crippen molar-refractivity contribution in [2.24, 2.45) is 28.6 Å². The third-order valence-electron chi connectivity index (χ3n) is 8.34. The van der Waals surface area contributed by atoms with E-state index in [4.69, 9.17) is 14.2 Å². The molecule has 2 aliphatic carbocycles. The highest BCUT2D eigenvalue weighted by Crippen LogP contribution is 2.62. The van der Waals surface area contributed by atoms with Crippen LogP contribution in [0.4, 0.5) is 0 Å². The van der Waals surface area contributed by atoms with Gasteiger partial charge >= 0.3 is 17.9 Å². The molecular weight excluding hydrogens is 432 g/mol. The molecule has 0 bridgehead atoms. The number of ether oxygens (including phenoxy) is 3. The molecule has 0 radical (unpaired) electrons. The highest BCUT2D eigenvalue weighted by Gasteiger charge is 2.57. The van der Waals surface area contributed by atoms with Gasteiger partial charge in [0.05, 0.1) is 25.7 Å². The van der Waals surface area contributed by atoms with Gasteiger partial charge < -0.3 is 14.2 Å². The second-order valence-electron chi connectivity index (χ2n) is 10.5. The lowest BCUT2D eigenvalue weighted by Crippen LogP contribution is -2.53. The Bertz CT molecular complexity index is 781. The van der Waals surface area contributed by atoms with Gasteiger partial charge in [0.25, 0.3) is 0 Å². The molecule has 0 N–H and O–H groups in total. The minimum Gasteiger partial charge on any atom is -0.469 e. The van der Waals surface area contributed by atoms with Gasteiger partial charge in [0.15, 0.2) is 5.92 Å². The zero-order chi connectivity index (χ0) is 25.5. The maximum Gasteiger partial charge on any atom is 0.320 e. The molecule has 34 heavy (non-hydrogen) atoms. The van der Waals surface area contributed by atoms with Crippen LogP contribution in [0.25, 0.3) is 0 Å². The summed E-state index contributed by atoms with van der Waals surface area (Å²) >= 11 is 0. The standard InChI is InChI=1S/C28H44O6/c1-8-33-24(29)21(25(30)34-9-2)14-11-19(3)12-15-22-20(4)13-16-23-27(22,5)17-10-18-28(23,6)26(31)32-7/h11,21-23H,4,8-10,12-18H2,1-3,5-7H3/b19-11+/t22-,23+,27+,28-/m0/s1. The van der Waals surface area contributed by atoms with E-state index < -0.39 is 23.3 Å². The van der Waals surface area contributed by atoms with Crippen LogP contribution in [0.2, 0.25) is 0 Å². The molecule has 0 saturated heterocycles. The number of allylic oxidation sites excluding steroid dienone is 3. The van der Waals surface area contributed by atoms with Gasteiger partial charge in [-0.05, 0) is 89.9 Å². The van der Waals surface area contributed by atoms with Gasteiger partial charge in [-0.25, -0.2) is 0 Å². The molecule has 0 amide bonds. The third kappa shape index (κ3) is 5.92. The second kappa shape index (κ2) is 12.0. The number of carbonyl (C=O) groups excluding carboxylic acids is 3. The second-order valence-corrected chi connectivity index (χ2v) is 10.5. The Morgan fingerprint density at radius 3 is 2.29 bits per heavy atom. The average Bonchev–Trinajstić information content (AvgIpc) is 2.78. The average molecular weight is 477 g/mol. The summed E-state index contributed by atoms with van der Waals surface area (Å²) in [5, 5.41) is 0. The fourth-order valence-corrected chi connectivity index (χ4v) is 6.53. The van der Waals surface area contributed by atoms with Crippen molar-refractivity contribution in [3.63, 3.8) is 0 Å². The molecule has 2 fully saturated rings. The van der Waals surface area contributed by atoms with Gasteiger partial charge in [0, 0.05) is 0 Å². The van der Waals surface area contributed by atoms with Crippen molar-refractivity contribution in [2.75, 3.05) is 20.3 Å². The van der Waals surface area contributed by atoms with E-state index in [1.165, 1.54) is 12.7 Å². The first-order chi connectivity index (χ1) is 16.0. The lowest BCUT2D eigenvalue weighted by atomic mass is 9.46. The topological polar surface area (TPSA) is 78.9 Å². The van der Waals surface area contributed by atoms with Crippen molar-refractivity contribution in [2.45, 2.75) is 86.0 Å². The van der Waals surface area contributed by atoms with E-state index in [0.29, 0.717) is 5.92 Å². The monoisotopic (exact) mass is 476 g/mol. The Kier molecular flexibility index (Phi) is 9.96. The van der Waals surface area contributed by atoms with Crippen LogP contribution in [0.15, 0.2) is 23.8 Å². The number of hydrogen-bond donors (Lipinski definition) is 0. The van der Waals surface area contributed by atoms with Crippen LogP contribution in [-0.2, 0) is 28.6 Å². The molecule has 0 heterocycles. The first-order valence-electron chi connectivity index (χ1n) is 12.8. The molecule has 6 heteroatoms. The molecule has 6 nitrogen and oxygen atoms in total. The van der Waals surface area contributed by atoms with Crippen LogP contribution in [0, 0.1) is 28.6 Å². The fourth-order valence-electron chi connectivity index (χ4n) is 6.53. The van der Waals surface area contributed by atoms with Crippen molar-refractivity contribution in [3.05, 3.63) is 23.8 Å². The predicted molar refractivity (Wildman–Crippen MR) is 132 cm³/mol. The molecule has 4 atom stereocenters. The number of fused-ring (bicyclic) bond motifs is 1. The van der Waals surface area contributed by atoms with Gasteiger partial charge in [-0.3, -0.25) is 14.4 Å². The van der Waals surface area contributed by atoms with Crippen LogP contribution in [0.5, 0.6) is 0 Å². The summed E-state index contributed by atoms with van der Waals surface area (Å²) < 4.78 is 15.4. The van der Waals surface area contributed by atoms with E-state index in [0.717, 1.165) is 50.5 Å². The number of rotatable bonds is 10. The number of carbonyl (C=O) groups is 3.